The Morgan fingerprint density at radius 2 is 1.80 bits per heavy atom. The van der Waals surface area contributed by atoms with Crippen molar-refractivity contribution in [3.05, 3.63) is 48.0 Å². The fourth-order valence-electron chi connectivity index (χ4n) is 2.88. The number of halogens is 1. The molecule has 0 spiro atoms. The van der Waals surface area contributed by atoms with E-state index in [1.165, 1.54) is 4.90 Å². The highest BCUT2D eigenvalue weighted by molar-refractivity contribution is 8.00. The van der Waals surface area contributed by atoms with Crippen molar-refractivity contribution in [3.8, 4) is 0 Å². The Bertz CT molecular complexity index is 973. The quantitative estimate of drug-likeness (QED) is 0.360. The van der Waals surface area contributed by atoms with E-state index in [4.69, 9.17) is 4.98 Å². The number of carbonyl (C=O) groups is 1. The van der Waals surface area contributed by atoms with Crippen molar-refractivity contribution >= 4 is 68.5 Å². The van der Waals surface area contributed by atoms with Crippen LogP contribution in [-0.4, -0.2) is 54.5 Å². The van der Waals surface area contributed by atoms with Crippen LogP contribution in [0.3, 0.4) is 0 Å². The van der Waals surface area contributed by atoms with Gasteiger partial charge in [0.15, 0.2) is 5.13 Å². The van der Waals surface area contributed by atoms with Gasteiger partial charge in [-0.2, -0.15) is 0 Å². The van der Waals surface area contributed by atoms with Gasteiger partial charge in [-0.1, -0.05) is 31.3 Å². The number of carbonyl (C=O) groups excluding carboxylic acids is 1. The minimum atomic E-state index is -0.00213. The maximum atomic E-state index is 13.4. The van der Waals surface area contributed by atoms with Gasteiger partial charge in [0.05, 0.1) is 10.2 Å². The van der Waals surface area contributed by atoms with Gasteiger partial charge >= 0.3 is 0 Å². The second kappa shape index (κ2) is 11.4. The summed E-state index contributed by atoms with van der Waals surface area (Å²) < 4.78 is 1.11. The predicted octanol–water partition coefficient (Wildman–Crippen LogP) is 6.15. The van der Waals surface area contributed by atoms with E-state index in [0.717, 1.165) is 26.8 Å². The second-order valence-corrected chi connectivity index (χ2v) is 10.8. The number of rotatable bonds is 8. The van der Waals surface area contributed by atoms with Gasteiger partial charge in [0.25, 0.3) is 5.91 Å². The molecule has 2 aromatic carbocycles. The standard InChI is InChI=1S/C22H27N3OS3.ClH/c1-15(2)28-17-11-9-16(10-12-17)21(26)25(14-13-24(3)4)22-23-20-18(27-5)7-6-8-19(20)29-22;/h6-12,15H,13-14H2,1-5H3;1H. The summed E-state index contributed by atoms with van der Waals surface area (Å²) >= 11 is 5.06. The first kappa shape index (κ1) is 25.0. The minimum absolute atomic E-state index is 0. The van der Waals surface area contributed by atoms with Crippen molar-refractivity contribution in [2.75, 3.05) is 38.3 Å². The molecule has 3 rings (SSSR count). The van der Waals surface area contributed by atoms with Gasteiger partial charge in [0.2, 0.25) is 0 Å². The van der Waals surface area contributed by atoms with Gasteiger partial charge in [-0.3, -0.25) is 9.69 Å². The minimum Gasteiger partial charge on any atom is -0.308 e. The normalized spacial score (nSPS) is 11.2. The van der Waals surface area contributed by atoms with Crippen molar-refractivity contribution in [3.63, 3.8) is 0 Å². The molecule has 1 amide bonds. The Kier molecular flexibility index (Phi) is 9.50. The number of hydrogen-bond donors (Lipinski definition) is 0. The molecule has 3 aromatic rings. The van der Waals surface area contributed by atoms with Crippen LogP contribution >= 0.6 is 47.3 Å². The van der Waals surface area contributed by atoms with Crippen LogP contribution in [0.15, 0.2) is 52.3 Å². The van der Waals surface area contributed by atoms with Crippen molar-refractivity contribution in [1.29, 1.82) is 0 Å². The zero-order valence-corrected chi connectivity index (χ0v) is 21.2. The van der Waals surface area contributed by atoms with Crippen LogP contribution in [0.5, 0.6) is 0 Å². The summed E-state index contributed by atoms with van der Waals surface area (Å²) in [4.78, 5) is 24.5. The van der Waals surface area contributed by atoms with E-state index in [9.17, 15) is 4.79 Å². The van der Waals surface area contributed by atoms with Crippen LogP contribution < -0.4 is 4.90 Å². The molecule has 0 aliphatic rings. The summed E-state index contributed by atoms with van der Waals surface area (Å²) in [6, 6.07) is 14.1. The fraction of sp³-hybridized carbons (Fsp3) is 0.364. The molecule has 30 heavy (non-hydrogen) atoms. The number of nitrogens with zero attached hydrogens (tertiary/aromatic N) is 3. The Balaban J connectivity index is 0.00000320. The van der Waals surface area contributed by atoms with E-state index in [0.29, 0.717) is 17.4 Å². The third-order valence-corrected chi connectivity index (χ3v) is 7.14. The maximum absolute atomic E-state index is 13.4. The maximum Gasteiger partial charge on any atom is 0.260 e. The van der Waals surface area contributed by atoms with Crippen LogP contribution in [0.25, 0.3) is 10.2 Å². The van der Waals surface area contributed by atoms with Crippen LogP contribution in [-0.2, 0) is 0 Å². The number of aromatic nitrogens is 1. The number of likely N-dealkylation sites (N-methyl/N-ethyl adjacent to an activating group) is 1. The average molecular weight is 482 g/mol. The Morgan fingerprint density at radius 3 is 2.40 bits per heavy atom. The highest BCUT2D eigenvalue weighted by Gasteiger charge is 2.22. The molecular weight excluding hydrogens is 454 g/mol. The summed E-state index contributed by atoms with van der Waals surface area (Å²) in [5, 5.41) is 1.27. The van der Waals surface area contributed by atoms with Gasteiger partial charge in [-0.05, 0) is 56.7 Å². The number of fused-ring (bicyclic) bond motifs is 1. The lowest BCUT2D eigenvalue weighted by atomic mass is 10.2. The van der Waals surface area contributed by atoms with E-state index < -0.39 is 0 Å². The SMILES string of the molecule is CSc1cccc2sc(N(CCN(C)C)C(=O)c3ccc(SC(C)C)cc3)nc12.Cl. The average Bonchev–Trinajstić information content (AvgIpc) is 3.11. The predicted molar refractivity (Wildman–Crippen MR) is 136 cm³/mol. The molecular formula is C22H28ClN3OS3. The first-order chi connectivity index (χ1) is 13.9. The van der Waals surface area contributed by atoms with Crippen LogP contribution in [0.1, 0.15) is 24.2 Å². The van der Waals surface area contributed by atoms with Crippen LogP contribution in [0, 0.1) is 0 Å². The number of hydrogen-bond acceptors (Lipinski definition) is 6. The molecule has 0 fully saturated rings. The topological polar surface area (TPSA) is 36.4 Å². The lowest BCUT2D eigenvalue weighted by Gasteiger charge is -2.22. The summed E-state index contributed by atoms with van der Waals surface area (Å²) in [5.74, 6) is -0.00213. The Morgan fingerprint density at radius 1 is 1.10 bits per heavy atom. The zero-order valence-electron chi connectivity index (χ0n) is 17.9. The molecule has 0 atom stereocenters. The molecule has 0 saturated heterocycles. The largest absolute Gasteiger partial charge is 0.308 e. The molecule has 4 nitrogen and oxygen atoms in total. The molecule has 0 saturated carbocycles. The van der Waals surface area contributed by atoms with Crippen LogP contribution in [0.4, 0.5) is 5.13 Å². The Labute approximate surface area is 197 Å². The molecule has 1 heterocycles. The number of amides is 1. The highest BCUT2D eigenvalue weighted by atomic mass is 35.5. The number of benzene rings is 2. The van der Waals surface area contributed by atoms with Crippen molar-refractivity contribution < 1.29 is 4.79 Å². The van der Waals surface area contributed by atoms with E-state index in [2.05, 4.69) is 37.1 Å². The van der Waals surface area contributed by atoms with Gasteiger partial charge in [0.1, 0.15) is 0 Å². The van der Waals surface area contributed by atoms with Crippen molar-refractivity contribution in [2.24, 2.45) is 0 Å². The fourth-order valence-corrected chi connectivity index (χ4v) is 5.36. The molecule has 0 aliphatic heterocycles. The first-order valence-corrected chi connectivity index (χ1v) is 12.5. The third-order valence-electron chi connectivity index (χ3n) is 4.31. The Hall–Kier alpha value is -1.25. The van der Waals surface area contributed by atoms with Gasteiger partial charge < -0.3 is 4.90 Å². The monoisotopic (exact) mass is 481 g/mol. The lowest BCUT2D eigenvalue weighted by molar-refractivity contribution is 0.0985. The summed E-state index contributed by atoms with van der Waals surface area (Å²) in [6.45, 7) is 5.71. The van der Waals surface area contributed by atoms with Crippen LogP contribution in [0.2, 0.25) is 0 Å². The summed E-state index contributed by atoms with van der Waals surface area (Å²) in [5.41, 5.74) is 1.67. The third kappa shape index (κ3) is 6.14. The number of thioether (sulfide) groups is 2. The smallest absolute Gasteiger partial charge is 0.260 e. The lowest BCUT2D eigenvalue weighted by Crippen LogP contribution is -2.36. The number of thiazole rings is 1. The molecule has 1 aromatic heterocycles. The van der Waals surface area contributed by atoms with Crippen molar-refractivity contribution in [2.45, 2.75) is 28.9 Å². The molecule has 0 radical (unpaired) electrons. The number of para-hydroxylation sites is 1. The van der Waals surface area contributed by atoms with E-state index in [1.807, 2.05) is 49.3 Å². The summed E-state index contributed by atoms with van der Waals surface area (Å²) in [7, 11) is 4.04. The highest BCUT2D eigenvalue weighted by Crippen LogP contribution is 2.34. The molecule has 162 valence electrons. The number of anilines is 1. The zero-order chi connectivity index (χ0) is 21.0. The molecule has 8 heteroatoms. The first-order valence-electron chi connectivity index (χ1n) is 9.56. The molecule has 0 unspecified atom stereocenters. The summed E-state index contributed by atoms with van der Waals surface area (Å²) in [6.07, 6.45) is 2.06. The van der Waals surface area contributed by atoms with Gasteiger partial charge in [0, 0.05) is 33.7 Å². The van der Waals surface area contributed by atoms with E-state index >= 15 is 0 Å². The van der Waals surface area contributed by atoms with E-state index in [1.54, 1.807) is 34.9 Å². The van der Waals surface area contributed by atoms with Gasteiger partial charge in [-0.25, -0.2) is 4.98 Å². The molecule has 0 bridgehead atoms. The van der Waals surface area contributed by atoms with Crippen molar-refractivity contribution in [1.82, 2.24) is 9.88 Å². The molecule has 0 aliphatic carbocycles. The second-order valence-electron chi connectivity index (χ2n) is 7.25. The van der Waals surface area contributed by atoms with E-state index in [-0.39, 0.29) is 18.3 Å². The molecule has 0 N–H and O–H groups in total. The van der Waals surface area contributed by atoms with Gasteiger partial charge in [-0.15, -0.1) is 35.9 Å².